The summed E-state index contributed by atoms with van der Waals surface area (Å²) in [5.74, 6) is -0.0322. The van der Waals surface area contributed by atoms with Crippen molar-refractivity contribution in [3.05, 3.63) is 101 Å². The first-order chi connectivity index (χ1) is 16.6. The van der Waals surface area contributed by atoms with Crippen molar-refractivity contribution in [3.8, 4) is 11.8 Å². The van der Waals surface area contributed by atoms with E-state index >= 15 is 0 Å². The molecule has 0 radical (unpaired) electrons. The van der Waals surface area contributed by atoms with Crippen molar-refractivity contribution >= 4 is 35.0 Å². The molecule has 2 amide bonds. The van der Waals surface area contributed by atoms with Gasteiger partial charge < -0.3 is 10.1 Å². The fraction of sp³-hybridized carbons (Fsp3) is 0.148. The van der Waals surface area contributed by atoms with E-state index in [0.29, 0.717) is 35.2 Å². The molecule has 1 aliphatic heterocycles. The van der Waals surface area contributed by atoms with Gasteiger partial charge in [0.2, 0.25) is 5.91 Å². The van der Waals surface area contributed by atoms with Crippen LogP contribution in [0.2, 0.25) is 0 Å². The van der Waals surface area contributed by atoms with Crippen LogP contribution < -0.4 is 15.0 Å². The number of nitriles is 1. The molecule has 1 saturated heterocycles. The van der Waals surface area contributed by atoms with Crippen LogP contribution in [0.5, 0.6) is 5.75 Å². The smallest absolute Gasteiger partial charge is 0.269 e. The van der Waals surface area contributed by atoms with Crippen LogP contribution in [0.4, 0.5) is 11.4 Å². The van der Waals surface area contributed by atoms with Gasteiger partial charge in [-0.15, -0.1) is 0 Å². The third kappa shape index (κ3) is 5.13. The summed E-state index contributed by atoms with van der Waals surface area (Å²) in [5.41, 5.74) is 2.06. The second-order valence-electron chi connectivity index (χ2n) is 7.51. The summed E-state index contributed by atoms with van der Waals surface area (Å²) in [6, 6.07) is 27.7. The largest absolute Gasteiger partial charge is 0.494 e. The second kappa shape index (κ2) is 10.7. The van der Waals surface area contributed by atoms with Crippen LogP contribution >= 0.6 is 11.8 Å². The number of amides is 2. The van der Waals surface area contributed by atoms with E-state index in [0.717, 1.165) is 5.56 Å². The van der Waals surface area contributed by atoms with Crippen LogP contribution in [-0.2, 0) is 16.0 Å². The van der Waals surface area contributed by atoms with Crippen molar-refractivity contribution < 1.29 is 14.3 Å². The first kappa shape index (κ1) is 23.1. The zero-order chi connectivity index (χ0) is 23.9. The van der Waals surface area contributed by atoms with Gasteiger partial charge in [0, 0.05) is 11.4 Å². The Balaban J connectivity index is 1.66. The molecule has 0 unspecified atom stereocenters. The monoisotopic (exact) mass is 469 g/mol. The maximum Gasteiger partial charge on any atom is 0.269 e. The number of nitrogens with one attached hydrogen (secondary N) is 1. The van der Waals surface area contributed by atoms with Crippen LogP contribution in [-0.4, -0.2) is 23.7 Å². The number of para-hydroxylation sites is 1. The van der Waals surface area contributed by atoms with Crippen molar-refractivity contribution in [3.63, 3.8) is 0 Å². The Hall–Kier alpha value is -4.02. The molecule has 0 saturated carbocycles. The molecular formula is C27H23N3O3S. The van der Waals surface area contributed by atoms with Crippen LogP contribution in [0.15, 0.2) is 95.5 Å². The molecule has 4 rings (SSSR count). The average molecular weight is 470 g/mol. The van der Waals surface area contributed by atoms with Crippen LogP contribution in [0.1, 0.15) is 12.5 Å². The Morgan fingerprint density at radius 2 is 1.68 bits per heavy atom. The number of nitrogens with zero attached hydrogens (tertiary/aromatic N) is 2. The first-order valence-electron chi connectivity index (χ1n) is 10.9. The topological polar surface area (TPSA) is 82.4 Å². The van der Waals surface area contributed by atoms with E-state index in [1.807, 2.05) is 61.5 Å². The maximum atomic E-state index is 13.4. The van der Waals surface area contributed by atoms with Crippen molar-refractivity contribution in [2.45, 2.75) is 18.6 Å². The number of hydrogen-bond donors (Lipinski definition) is 1. The molecule has 3 aromatic carbocycles. The molecule has 1 N–H and O–H groups in total. The molecule has 0 aliphatic carbocycles. The highest BCUT2D eigenvalue weighted by atomic mass is 32.2. The molecule has 3 aromatic rings. The minimum atomic E-state index is -0.566. The van der Waals surface area contributed by atoms with Gasteiger partial charge in [-0.3, -0.25) is 14.5 Å². The maximum absolute atomic E-state index is 13.4. The van der Waals surface area contributed by atoms with Crippen molar-refractivity contribution in [2.75, 3.05) is 16.8 Å². The van der Waals surface area contributed by atoms with E-state index in [-0.39, 0.29) is 11.5 Å². The van der Waals surface area contributed by atoms with Crippen molar-refractivity contribution in [1.82, 2.24) is 0 Å². The van der Waals surface area contributed by atoms with Crippen molar-refractivity contribution in [2.24, 2.45) is 0 Å². The molecule has 0 bridgehead atoms. The van der Waals surface area contributed by atoms with Gasteiger partial charge in [0.25, 0.3) is 5.91 Å². The van der Waals surface area contributed by atoms with Gasteiger partial charge >= 0.3 is 0 Å². The van der Waals surface area contributed by atoms with Gasteiger partial charge in [-0.2, -0.15) is 5.26 Å². The van der Waals surface area contributed by atoms with E-state index in [4.69, 9.17) is 4.74 Å². The number of ether oxygens (including phenoxy) is 1. The Bertz CT molecular complexity index is 1240. The quantitative estimate of drug-likeness (QED) is 0.382. The molecule has 1 atom stereocenters. The van der Waals surface area contributed by atoms with Crippen molar-refractivity contribution in [1.29, 1.82) is 5.26 Å². The zero-order valence-electron chi connectivity index (χ0n) is 18.6. The molecule has 170 valence electrons. The zero-order valence-corrected chi connectivity index (χ0v) is 19.4. The Morgan fingerprint density at radius 1 is 1.03 bits per heavy atom. The Labute approximate surface area is 202 Å². The number of thioether (sulfide) groups is 1. The van der Waals surface area contributed by atoms with Crippen LogP contribution in [0, 0.1) is 11.3 Å². The molecular weight excluding hydrogens is 446 g/mol. The lowest BCUT2D eigenvalue weighted by molar-refractivity contribution is -0.117. The van der Waals surface area contributed by atoms with Crippen LogP contribution in [0.25, 0.3) is 0 Å². The number of rotatable bonds is 7. The lowest BCUT2D eigenvalue weighted by atomic mass is 10.1. The summed E-state index contributed by atoms with van der Waals surface area (Å²) in [5, 5.41) is 12.6. The summed E-state index contributed by atoms with van der Waals surface area (Å²) >= 11 is 1.25. The average Bonchev–Trinajstić information content (AvgIpc) is 3.17. The van der Waals surface area contributed by atoms with Gasteiger partial charge in [0.1, 0.15) is 22.4 Å². The fourth-order valence-electron chi connectivity index (χ4n) is 3.62. The van der Waals surface area contributed by atoms with Gasteiger partial charge in [0.05, 0.1) is 11.9 Å². The molecule has 1 heterocycles. The highest BCUT2D eigenvalue weighted by Gasteiger charge is 2.40. The van der Waals surface area contributed by atoms with Gasteiger partial charge in [-0.25, -0.2) is 0 Å². The molecule has 7 heteroatoms. The number of hydrogen-bond acceptors (Lipinski definition) is 5. The van der Waals surface area contributed by atoms with E-state index < -0.39 is 11.2 Å². The van der Waals surface area contributed by atoms with E-state index in [1.165, 1.54) is 16.7 Å². The number of anilines is 2. The van der Waals surface area contributed by atoms with E-state index in [1.54, 1.807) is 36.4 Å². The SMILES string of the molecule is CCOc1ccc(NC(=O)/C(C#N)=C2/S[C@@H](Cc3ccccc3)C(=O)N2c2ccccc2)cc1. The molecule has 1 fully saturated rings. The predicted octanol–water partition coefficient (Wildman–Crippen LogP) is 5.15. The second-order valence-corrected chi connectivity index (χ2v) is 8.70. The van der Waals surface area contributed by atoms with Gasteiger partial charge in [-0.05, 0) is 55.3 Å². The number of carbonyl (C=O) groups excluding carboxylic acids is 2. The Kier molecular flexibility index (Phi) is 7.31. The minimum absolute atomic E-state index is 0.105. The lowest BCUT2D eigenvalue weighted by Gasteiger charge is -2.18. The summed E-state index contributed by atoms with van der Waals surface area (Å²) in [6.45, 7) is 2.44. The number of carbonyl (C=O) groups is 2. The van der Waals surface area contributed by atoms with E-state index in [2.05, 4.69) is 5.32 Å². The van der Waals surface area contributed by atoms with Crippen LogP contribution in [0.3, 0.4) is 0 Å². The van der Waals surface area contributed by atoms with Gasteiger partial charge in [-0.1, -0.05) is 60.3 Å². The molecule has 6 nitrogen and oxygen atoms in total. The predicted molar refractivity (Wildman–Crippen MR) is 134 cm³/mol. The number of benzene rings is 3. The summed E-state index contributed by atoms with van der Waals surface area (Å²) in [4.78, 5) is 28.0. The summed E-state index contributed by atoms with van der Waals surface area (Å²) < 4.78 is 5.43. The Morgan fingerprint density at radius 3 is 2.29 bits per heavy atom. The minimum Gasteiger partial charge on any atom is -0.494 e. The standard InChI is InChI=1S/C27H23N3O3S/c1-2-33-22-15-13-20(14-16-22)29-25(31)23(18-28)27-30(21-11-7-4-8-12-21)26(32)24(34-27)17-19-9-5-3-6-10-19/h3-16,24H,2,17H2,1H3,(H,29,31)/b27-23+/t24-/m0/s1. The first-order valence-corrected chi connectivity index (χ1v) is 11.8. The summed E-state index contributed by atoms with van der Waals surface area (Å²) in [6.07, 6.45) is 0.496. The molecule has 0 aromatic heterocycles. The normalized spacial score (nSPS) is 16.6. The highest BCUT2D eigenvalue weighted by molar-refractivity contribution is 8.05. The van der Waals surface area contributed by atoms with Gasteiger partial charge in [0.15, 0.2) is 0 Å². The third-order valence-corrected chi connectivity index (χ3v) is 6.47. The lowest BCUT2D eigenvalue weighted by Crippen LogP contribution is -2.30. The third-order valence-electron chi connectivity index (χ3n) is 5.21. The molecule has 34 heavy (non-hydrogen) atoms. The molecule has 1 aliphatic rings. The fourth-order valence-corrected chi connectivity index (χ4v) is 4.93. The summed E-state index contributed by atoms with van der Waals surface area (Å²) in [7, 11) is 0. The van der Waals surface area contributed by atoms with E-state index in [9.17, 15) is 14.9 Å². The molecule has 0 spiro atoms. The highest BCUT2D eigenvalue weighted by Crippen LogP contribution is 2.42.